The van der Waals surface area contributed by atoms with Gasteiger partial charge in [0.25, 0.3) is 0 Å². The summed E-state index contributed by atoms with van der Waals surface area (Å²) in [6, 6.07) is 17.1. The fraction of sp³-hybridized carbons (Fsp3) is 0.333. The average Bonchev–Trinajstić information content (AvgIpc) is 3.25. The highest BCUT2D eigenvalue weighted by Gasteiger charge is 2.37. The summed E-state index contributed by atoms with van der Waals surface area (Å²) < 4.78 is 14.7. The zero-order valence-corrected chi connectivity index (χ0v) is 25.9. The van der Waals surface area contributed by atoms with Gasteiger partial charge in [0.2, 0.25) is 0 Å². The van der Waals surface area contributed by atoms with Crippen LogP contribution in [0.1, 0.15) is 62.2 Å². The van der Waals surface area contributed by atoms with Gasteiger partial charge in [-0.2, -0.15) is 0 Å². The number of hydrogen-bond acceptors (Lipinski definition) is 6. The number of hydrogen-bond donors (Lipinski definition) is 0. The molecule has 0 fully saturated rings. The van der Waals surface area contributed by atoms with Gasteiger partial charge in [0.05, 0.1) is 31.5 Å². The summed E-state index contributed by atoms with van der Waals surface area (Å²) in [6.45, 7) is 7.08. The largest absolute Gasteiger partial charge is 0.493 e. The van der Waals surface area contributed by atoms with Crippen LogP contribution in [-0.4, -0.2) is 34.9 Å². The van der Waals surface area contributed by atoms with E-state index in [0.29, 0.717) is 66.9 Å². The second-order valence-electron chi connectivity index (χ2n) is 11.8. The first kappa shape index (κ1) is 29.4. The molecule has 1 aliphatic carbocycles. The molecule has 0 spiro atoms. The van der Waals surface area contributed by atoms with Gasteiger partial charge in [0.15, 0.2) is 23.1 Å². The molecule has 1 aromatic heterocycles. The van der Waals surface area contributed by atoms with Crippen LogP contribution < -0.4 is 20.7 Å². The summed E-state index contributed by atoms with van der Waals surface area (Å²) in [7, 11) is 3.23. The minimum Gasteiger partial charge on any atom is -0.493 e. The molecule has 2 aliphatic rings. The lowest BCUT2D eigenvalue weighted by Crippen LogP contribution is -2.42. The van der Waals surface area contributed by atoms with Crippen LogP contribution in [0.5, 0.6) is 11.5 Å². The van der Waals surface area contributed by atoms with Gasteiger partial charge < -0.3 is 9.47 Å². The Hall–Kier alpha value is -4.72. The van der Waals surface area contributed by atoms with Gasteiger partial charge in [-0.25, -0.2) is 9.79 Å². The normalized spacial score (nSPS) is 14.4. The first-order valence-electron chi connectivity index (χ1n) is 15.1. The van der Waals surface area contributed by atoms with Gasteiger partial charge in [0, 0.05) is 35.8 Å². The Labute approximate surface area is 256 Å². The summed E-state index contributed by atoms with van der Waals surface area (Å²) in [5.74, 6) is 0.419. The molecule has 8 nitrogen and oxygen atoms in total. The fourth-order valence-corrected chi connectivity index (χ4v) is 6.72. The number of ketones is 2. The quantitative estimate of drug-likeness (QED) is 0.188. The van der Waals surface area contributed by atoms with Crippen LogP contribution in [0, 0.1) is 26.7 Å². The minimum absolute atomic E-state index is 0.0983. The molecular formula is C36H37N3O5. The number of methoxy groups -OCH3 is 2. The first-order valence-corrected chi connectivity index (χ1v) is 15.1. The number of carbonyl (C=O) groups is 2. The number of aromatic nitrogens is 2. The maximum atomic E-state index is 14.1. The number of Topliss-reactive ketones (excluding diaryl/α,β-unsaturated/α-hetero) is 2. The maximum absolute atomic E-state index is 14.1. The molecule has 0 saturated carbocycles. The fourth-order valence-electron chi connectivity index (χ4n) is 6.72. The topological polar surface area (TPSA) is 91.9 Å². The third-order valence-corrected chi connectivity index (χ3v) is 8.86. The van der Waals surface area contributed by atoms with Crippen molar-refractivity contribution in [3.63, 3.8) is 0 Å². The lowest BCUT2D eigenvalue weighted by atomic mass is 9.96. The van der Waals surface area contributed by atoms with Crippen molar-refractivity contribution in [3.8, 4) is 22.8 Å². The number of nitrogens with zero attached hydrogens (tertiary/aromatic N) is 3. The summed E-state index contributed by atoms with van der Waals surface area (Å²) in [5.41, 5.74) is 8.34. The molecule has 4 aromatic rings. The lowest BCUT2D eigenvalue weighted by Gasteiger charge is -2.24. The molecular weight excluding hydrogens is 554 g/mol. The van der Waals surface area contributed by atoms with E-state index in [1.165, 1.54) is 0 Å². The van der Waals surface area contributed by atoms with Crippen molar-refractivity contribution >= 4 is 17.3 Å². The maximum Gasteiger partial charge on any atom is 0.330 e. The highest BCUT2D eigenvalue weighted by molar-refractivity contribution is 6.26. The van der Waals surface area contributed by atoms with Crippen LogP contribution in [0.2, 0.25) is 0 Å². The first-order chi connectivity index (χ1) is 21.2. The van der Waals surface area contributed by atoms with E-state index in [1.54, 1.807) is 43.1 Å². The Morgan fingerprint density at radius 3 is 2.09 bits per heavy atom. The van der Waals surface area contributed by atoms with Crippen molar-refractivity contribution in [2.24, 2.45) is 10.9 Å². The number of fused-ring (bicyclic) bond motifs is 4. The van der Waals surface area contributed by atoms with Crippen molar-refractivity contribution in [2.45, 2.75) is 59.5 Å². The van der Waals surface area contributed by atoms with E-state index in [-0.39, 0.29) is 17.3 Å². The van der Waals surface area contributed by atoms with Gasteiger partial charge in [-0.05, 0) is 68.9 Å². The Kier molecular flexibility index (Phi) is 7.84. The molecule has 0 amide bonds. The third-order valence-electron chi connectivity index (χ3n) is 8.86. The summed E-state index contributed by atoms with van der Waals surface area (Å²) in [4.78, 5) is 45.0. The van der Waals surface area contributed by atoms with Gasteiger partial charge in [-0.15, -0.1) is 0 Å². The number of rotatable bonds is 8. The van der Waals surface area contributed by atoms with Crippen molar-refractivity contribution in [3.05, 3.63) is 104 Å². The molecule has 1 aliphatic heterocycles. The minimum atomic E-state index is -0.646. The lowest BCUT2D eigenvalue weighted by molar-refractivity contribution is 0.0828. The SMILES string of the molecule is COc1cc2c(cc1OC)-c1c/c(=N\c3c(C)cc(C)cc3C)n(CCCCC3C(=O)c4ccccc4C3=O)c(=O)n1CC2. The summed E-state index contributed by atoms with van der Waals surface area (Å²) >= 11 is 0. The predicted octanol–water partition coefficient (Wildman–Crippen LogP) is 5.91. The zero-order chi connectivity index (χ0) is 31.1. The molecule has 6 rings (SSSR count). The molecule has 8 heteroatoms. The van der Waals surface area contributed by atoms with Gasteiger partial charge >= 0.3 is 5.69 Å². The Morgan fingerprint density at radius 2 is 1.45 bits per heavy atom. The van der Waals surface area contributed by atoms with E-state index in [1.807, 2.05) is 36.6 Å². The van der Waals surface area contributed by atoms with Crippen LogP contribution in [-0.2, 0) is 19.5 Å². The second-order valence-corrected chi connectivity index (χ2v) is 11.8. The number of unbranched alkanes of at least 4 members (excludes halogenated alkanes) is 1. The van der Waals surface area contributed by atoms with E-state index in [2.05, 4.69) is 19.1 Å². The highest BCUT2D eigenvalue weighted by Crippen LogP contribution is 2.37. The van der Waals surface area contributed by atoms with Crippen LogP contribution in [0.15, 0.2) is 64.4 Å². The van der Waals surface area contributed by atoms with Crippen molar-refractivity contribution in [2.75, 3.05) is 14.2 Å². The molecule has 226 valence electrons. The molecule has 0 saturated heterocycles. The molecule has 0 atom stereocenters. The molecule has 0 radical (unpaired) electrons. The third kappa shape index (κ3) is 5.08. The van der Waals surface area contributed by atoms with E-state index in [0.717, 1.165) is 39.2 Å². The molecule has 0 bridgehead atoms. The predicted molar refractivity (Wildman–Crippen MR) is 169 cm³/mol. The Bertz CT molecular complexity index is 1890. The van der Waals surface area contributed by atoms with Gasteiger partial charge in [0.1, 0.15) is 5.49 Å². The molecule has 2 heterocycles. The van der Waals surface area contributed by atoms with Crippen molar-refractivity contribution < 1.29 is 19.1 Å². The highest BCUT2D eigenvalue weighted by atomic mass is 16.5. The number of carbonyl (C=O) groups excluding carboxylic acids is 2. The molecule has 3 aromatic carbocycles. The zero-order valence-electron chi connectivity index (χ0n) is 25.9. The second kappa shape index (κ2) is 11.8. The molecule has 0 N–H and O–H groups in total. The van der Waals surface area contributed by atoms with Gasteiger partial charge in [-0.1, -0.05) is 48.4 Å². The van der Waals surface area contributed by atoms with Crippen LogP contribution >= 0.6 is 0 Å². The standard InChI is InChI=1S/C36H37N3O5/c1-21-16-22(2)33(23(3)17-21)37-32-20-29-28-19-31(44-5)30(43-4)18-24(28)13-15-38(29)36(42)39(32)14-9-8-12-27-34(40)25-10-6-7-11-26(25)35(27)41/h6-7,10-11,16-20,27H,8-9,12-15H2,1-5H3/b37-32+. The molecule has 44 heavy (non-hydrogen) atoms. The number of aryl methyl sites for hydroxylation is 4. The average molecular weight is 592 g/mol. The smallest absolute Gasteiger partial charge is 0.330 e. The Morgan fingerprint density at radius 1 is 0.818 bits per heavy atom. The van der Waals surface area contributed by atoms with Crippen LogP contribution in [0.4, 0.5) is 5.69 Å². The van der Waals surface area contributed by atoms with E-state index in [9.17, 15) is 14.4 Å². The van der Waals surface area contributed by atoms with Gasteiger partial charge in [-0.3, -0.25) is 18.7 Å². The molecule has 0 unspecified atom stereocenters. The number of benzene rings is 3. The van der Waals surface area contributed by atoms with E-state index < -0.39 is 5.92 Å². The van der Waals surface area contributed by atoms with Crippen LogP contribution in [0.3, 0.4) is 0 Å². The Balaban J connectivity index is 1.38. The monoisotopic (exact) mass is 591 g/mol. The summed E-state index contributed by atoms with van der Waals surface area (Å²) in [6.07, 6.45) is 2.40. The van der Waals surface area contributed by atoms with Crippen molar-refractivity contribution in [1.82, 2.24) is 9.13 Å². The van der Waals surface area contributed by atoms with E-state index in [4.69, 9.17) is 14.5 Å². The van der Waals surface area contributed by atoms with E-state index >= 15 is 0 Å². The van der Waals surface area contributed by atoms with Crippen molar-refractivity contribution in [1.29, 1.82) is 0 Å². The summed E-state index contributed by atoms with van der Waals surface area (Å²) in [5, 5.41) is 0. The number of ether oxygens (including phenoxy) is 2. The van der Waals surface area contributed by atoms with Crippen LogP contribution in [0.25, 0.3) is 11.3 Å².